The Balaban J connectivity index is 1.86. The summed E-state index contributed by atoms with van der Waals surface area (Å²) in [6.45, 7) is 1.14. The molecule has 0 radical (unpaired) electrons. The molecule has 0 aromatic heterocycles. The fraction of sp³-hybridized carbons (Fsp3) is 0.300. The van der Waals surface area contributed by atoms with E-state index in [1.807, 2.05) is 0 Å². The lowest BCUT2D eigenvalue weighted by Gasteiger charge is -2.25. The van der Waals surface area contributed by atoms with Gasteiger partial charge < -0.3 is 5.32 Å². The molecule has 1 aromatic rings. The average Bonchev–Trinajstić information content (AvgIpc) is 2.74. The van der Waals surface area contributed by atoms with Gasteiger partial charge in [-0.25, -0.2) is 0 Å². The van der Waals surface area contributed by atoms with E-state index in [0.717, 1.165) is 13.0 Å². The zero-order valence-corrected chi connectivity index (χ0v) is 12.4. The van der Waals surface area contributed by atoms with Gasteiger partial charge in [-0.3, -0.25) is 0 Å². The molecule has 0 amide bonds. The van der Waals surface area contributed by atoms with Crippen LogP contribution in [0.1, 0.15) is 32.1 Å². The van der Waals surface area contributed by atoms with Crippen molar-refractivity contribution in [3.63, 3.8) is 0 Å². The van der Waals surface area contributed by atoms with Crippen LogP contribution in [0.15, 0.2) is 58.8 Å². The summed E-state index contributed by atoms with van der Waals surface area (Å²) in [6, 6.07) is 8.66. The first kappa shape index (κ1) is 12.7. The number of piperidine rings is 1. The fourth-order valence-electron chi connectivity index (χ4n) is 3.58. The number of allylic oxidation sites excluding steroid dienone is 6. The Kier molecular flexibility index (Phi) is 3.27. The molecule has 106 valence electrons. The van der Waals surface area contributed by atoms with Gasteiger partial charge in [-0.05, 0) is 65.3 Å². The van der Waals surface area contributed by atoms with E-state index in [1.54, 1.807) is 5.57 Å². The molecule has 4 rings (SSSR count). The van der Waals surface area contributed by atoms with Crippen LogP contribution in [-0.2, 0) is 0 Å². The van der Waals surface area contributed by atoms with E-state index >= 15 is 0 Å². The minimum absolute atomic E-state index is 1.14. The van der Waals surface area contributed by atoms with Crippen LogP contribution in [0.25, 0.3) is 12.2 Å². The highest BCUT2D eigenvalue weighted by Gasteiger charge is 2.19. The van der Waals surface area contributed by atoms with Gasteiger partial charge in [0.25, 0.3) is 0 Å². The fourth-order valence-corrected chi connectivity index (χ4v) is 3.58. The van der Waals surface area contributed by atoms with Crippen molar-refractivity contribution in [1.82, 2.24) is 5.32 Å². The normalized spacial score (nSPS) is 24.2. The van der Waals surface area contributed by atoms with Crippen molar-refractivity contribution in [2.45, 2.75) is 32.1 Å². The van der Waals surface area contributed by atoms with Crippen molar-refractivity contribution >= 4 is 12.2 Å². The zero-order valence-electron chi connectivity index (χ0n) is 12.4. The molecule has 1 aliphatic heterocycles. The van der Waals surface area contributed by atoms with E-state index in [1.165, 1.54) is 53.0 Å². The van der Waals surface area contributed by atoms with E-state index in [2.05, 4.69) is 53.9 Å². The Morgan fingerprint density at radius 3 is 2.67 bits per heavy atom. The molecule has 0 spiro atoms. The summed E-state index contributed by atoms with van der Waals surface area (Å²) in [6.07, 6.45) is 15.5. The van der Waals surface area contributed by atoms with Crippen LogP contribution in [0.3, 0.4) is 0 Å². The van der Waals surface area contributed by atoms with Crippen molar-refractivity contribution < 1.29 is 0 Å². The molecule has 3 aliphatic rings. The van der Waals surface area contributed by atoms with Crippen LogP contribution in [0.5, 0.6) is 0 Å². The summed E-state index contributed by atoms with van der Waals surface area (Å²) >= 11 is 0. The van der Waals surface area contributed by atoms with Crippen LogP contribution in [0.4, 0.5) is 0 Å². The van der Waals surface area contributed by atoms with Crippen LogP contribution in [-0.4, -0.2) is 6.54 Å². The highest BCUT2D eigenvalue weighted by molar-refractivity contribution is 5.71. The number of rotatable bonds is 0. The van der Waals surface area contributed by atoms with Crippen LogP contribution in [0, 0.1) is 0 Å². The highest BCUT2D eigenvalue weighted by Crippen LogP contribution is 2.34. The van der Waals surface area contributed by atoms with Gasteiger partial charge in [0.05, 0.1) is 0 Å². The summed E-state index contributed by atoms with van der Waals surface area (Å²) in [5.41, 5.74) is 5.87. The smallest absolute Gasteiger partial charge is 0.0145 e. The van der Waals surface area contributed by atoms with Crippen LogP contribution >= 0.6 is 0 Å². The molecule has 0 unspecified atom stereocenters. The molecule has 1 heteroatoms. The molecule has 0 saturated carbocycles. The molecule has 1 N–H and O–H groups in total. The van der Waals surface area contributed by atoms with Crippen LogP contribution < -0.4 is 15.8 Å². The van der Waals surface area contributed by atoms with Gasteiger partial charge in [-0.2, -0.15) is 0 Å². The second-order valence-electron chi connectivity index (χ2n) is 6.06. The lowest BCUT2D eigenvalue weighted by molar-refractivity contribution is 0.578. The summed E-state index contributed by atoms with van der Waals surface area (Å²) in [4.78, 5) is 0. The van der Waals surface area contributed by atoms with Crippen molar-refractivity contribution in [1.29, 1.82) is 0 Å². The van der Waals surface area contributed by atoms with Crippen molar-refractivity contribution in [3.8, 4) is 0 Å². The maximum Gasteiger partial charge on any atom is 0.0145 e. The van der Waals surface area contributed by atoms with E-state index in [9.17, 15) is 0 Å². The van der Waals surface area contributed by atoms with Gasteiger partial charge >= 0.3 is 0 Å². The molecule has 21 heavy (non-hydrogen) atoms. The number of hydrogen-bond donors (Lipinski definition) is 1. The van der Waals surface area contributed by atoms with Gasteiger partial charge in [-0.15, -0.1) is 0 Å². The molecule has 1 heterocycles. The Morgan fingerprint density at radius 2 is 1.81 bits per heavy atom. The zero-order chi connectivity index (χ0) is 14.1. The quantitative estimate of drug-likeness (QED) is 0.767. The largest absolute Gasteiger partial charge is 0.388 e. The third kappa shape index (κ3) is 2.37. The van der Waals surface area contributed by atoms with Gasteiger partial charge in [0.15, 0.2) is 0 Å². The number of fused-ring (bicyclic) bond motifs is 2. The maximum atomic E-state index is 3.65. The molecule has 1 aromatic carbocycles. The Morgan fingerprint density at radius 1 is 0.905 bits per heavy atom. The highest BCUT2D eigenvalue weighted by atomic mass is 14.9. The summed E-state index contributed by atoms with van der Waals surface area (Å²) in [5.74, 6) is 0. The maximum absolute atomic E-state index is 3.65. The molecular formula is C20H21N. The van der Waals surface area contributed by atoms with Crippen molar-refractivity contribution in [2.75, 3.05) is 6.54 Å². The minimum atomic E-state index is 1.14. The molecule has 0 atom stereocenters. The second-order valence-corrected chi connectivity index (χ2v) is 6.06. The predicted octanol–water partition coefficient (Wildman–Crippen LogP) is 2.94. The number of nitrogens with one attached hydrogen (secondary N) is 1. The summed E-state index contributed by atoms with van der Waals surface area (Å²) < 4.78 is 0. The third-order valence-corrected chi connectivity index (χ3v) is 4.69. The molecule has 1 saturated heterocycles. The monoisotopic (exact) mass is 275 g/mol. The lowest BCUT2D eigenvalue weighted by atomic mass is 9.85. The Labute approximate surface area is 126 Å². The minimum Gasteiger partial charge on any atom is -0.388 e. The summed E-state index contributed by atoms with van der Waals surface area (Å²) in [5, 5.41) is 6.30. The third-order valence-electron chi connectivity index (χ3n) is 4.69. The molecule has 1 fully saturated rings. The first-order chi connectivity index (χ1) is 10.4. The molecule has 2 aliphatic carbocycles. The lowest BCUT2D eigenvalue weighted by Crippen LogP contribution is -2.23. The SMILES string of the molecule is C1=C2C=c3ccccc3=CC=C2C(=C2CCCCN2)CC1. The number of hydrogen-bond acceptors (Lipinski definition) is 1. The topological polar surface area (TPSA) is 12.0 Å². The standard InChI is InChI=1S/C20H21N/c1-2-7-16-14-17-8-5-9-19(20-10-3-4-13-21-20)18(17)12-11-15(16)6-1/h1-2,6-8,11-12,14,21H,3-5,9-10,13H2. The second kappa shape index (κ2) is 5.40. The molecular weight excluding hydrogens is 254 g/mol. The molecule has 0 bridgehead atoms. The van der Waals surface area contributed by atoms with Crippen molar-refractivity contribution in [2.24, 2.45) is 0 Å². The summed E-state index contributed by atoms with van der Waals surface area (Å²) in [7, 11) is 0. The first-order valence-corrected chi connectivity index (χ1v) is 8.07. The van der Waals surface area contributed by atoms with Gasteiger partial charge in [0, 0.05) is 12.2 Å². The first-order valence-electron chi connectivity index (χ1n) is 8.07. The number of benzene rings is 1. The van der Waals surface area contributed by atoms with Gasteiger partial charge in [0.1, 0.15) is 0 Å². The van der Waals surface area contributed by atoms with E-state index < -0.39 is 0 Å². The van der Waals surface area contributed by atoms with Gasteiger partial charge in [0.2, 0.25) is 0 Å². The van der Waals surface area contributed by atoms with E-state index in [-0.39, 0.29) is 0 Å². The van der Waals surface area contributed by atoms with E-state index in [4.69, 9.17) is 0 Å². The Bertz CT molecular complexity index is 766. The Hall–Kier alpha value is -2.02. The van der Waals surface area contributed by atoms with Crippen molar-refractivity contribution in [3.05, 3.63) is 69.3 Å². The van der Waals surface area contributed by atoms with E-state index in [0.29, 0.717) is 0 Å². The van der Waals surface area contributed by atoms with Crippen LogP contribution in [0.2, 0.25) is 0 Å². The predicted molar refractivity (Wildman–Crippen MR) is 88.9 cm³/mol. The molecule has 1 nitrogen and oxygen atoms in total. The average molecular weight is 275 g/mol. The van der Waals surface area contributed by atoms with Gasteiger partial charge in [-0.1, -0.05) is 42.5 Å².